The average Bonchev–Trinajstić information content (AvgIpc) is 3.31. The van der Waals surface area contributed by atoms with Crippen LogP contribution in [-0.4, -0.2) is 65.4 Å². The largest absolute Gasteiger partial charge is 0.493 e. The van der Waals surface area contributed by atoms with Crippen molar-refractivity contribution in [3.05, 3.63) is 65.2 Å². The molecule has 3 aliphatic heterocycles. The first-order valence-corrected chi connectivity index (χ1v) is 11.6. The number of benzene rings is 2. The summed E-state index contributed by atoms with van der Waals surface area (Å²) in [5, 5.41) is 15.7. The smallest absolute Gasteiger partial charge is 0.283 e. The van der Waals surface area contributed by atoms with Crippen LogP contribution in [0.25, 0.3) is 6.08 Å². The van der Waals surface area contributed by atoms with Gasteiger partial charge in [-0.3, -0.25) is 10.2 Å². The van der Waals surface area contributed by atoms with E-state index in [2.05, 4.69) is 15.0 Å². The highest BCUT2D eigenvalue weighted by molar-refractivity contribution is 8.26. The van der Waals surface area contributed by atoms with Gasteiger partial charge in [0.2, 0.25) is 5.17 Å². The first kappa shape index (κ1) is 22.2. The van der Waals surface area contributed by atoms with Gasteiger partial charge < -0.3 is 19.1 Å². The van der Waals surface area contributed by atoms with Crippen molar-refractivity contribution in [1.82, 2.24) is 9.91 Å². The monoisotopic (exact) mass is 477 g/mol. The van der Waals surface area contributed by atoms with Crippen LogP contribution in [0.15, 0.2) is 64.2 Å². The number of hydrogen-bond acceptors (Lipinski definition) is 8. The molecular formula is C24H23N5O4S. The summed E-state index contributed by atoms with van der Waals surface area (Å²) < 4.78 is 16.8. The summed E-state index contributed by atoms with van der Waals surface area (Å²) in [6.07, 6.45) is 1.63. The van der Waals surface area contributed by atoms with Gasteiger partial charge in [0.15, 0.2) is 22.5 Å². The van der Waals surface area contributed by atoms with Crippen LogP contribution in [-0.2, 0) is 16.1 Å². The fourth-order valence-electron chi connectivity index (χ4n) is 3.66. The van der Waals surface area contributed by atoms with Crippen LogP contribution >= 0.6 is 11.8 Å². The van der Waals surface area contributed by atoms with Gasteiger partial charge in [0.25, 0.3) is 5.91 Å². The summed E-state index contributed by atoms with van der Waals surface area (Å²) in [5.41, 5.74) is 1.90. The van der Waals surface area contributed by atoms with Gasteiger partial charge in [-0.05, 0) is 41.1 Å². The van der Waals surface area contributed by atoms with E-state index in [-0.39, 0.29) is 11.4 Å². The van der Waals surface area contributed by atoms with E-state index in [1.54, 1.807) is 25.3 Å². The molecule has 2 aromatic rings. The number of carbonyl (C=O) groups excluding carboxylic acids is 1. The van der Waals surface area contributed by atoms with E-state index >= 15 is 0 Å². The van der Waals surface area contributed by atoms with Crippen LogP contribution < -0.4 is 9.47 Å². The first-order valence-electron chi connectivity index (χ1n) is 10.8. The van der Waals surface area contributed by atoms with Gasteiger partial charge in [-0.2, -0.15) is 10.0 Å². The van der Waals surface area contributed by atoms with Crippen molar-refractivity contribution in [1.29, 1.82) is 5.41 Å². The Hall–Kier alpha value is -3.63. The summed E-state index contributed by atoms with van der Waals surface area (Å²) in [6.45, 7) is 3.10. The number of thioether (sulfide) groups is 1. The summed E-state index contributed by atoms with van der Waals surface area (Å²) in [5.74, 6) is 0.655. The predicted octanol–water partition coefficient (Wildman–Crippen LogP) is 3.18. The number of carbonyl (C=O) groups is 1. The van der Waals surface area contributed by atoms with Crippen LogP contribution in [0.3, 0.4) is 0 Å². The molecule has 1 saturated heterocycles. The molecule has 1 amide bonds. The zero-order valence-electron chi connectivity index (χ0n) is 18.6. The van der Waals surface area contributed by atoms with Gasteiger partial charge in [0.1, 0.15) is 6.61 Å². The molecule has 0 spiro atoms. The Kier molecular flexibility index (Phi) is 6.33. The molecule has 0 atom stereocenters. The number of methoxy groups -OCH3 is 1. The van der Waals surface area contributed by atoms with Crippen molar-refractivity contribution < 1.29 is 19.0 Å². The SMILES string of the molecule is COc1cc(/C=C2\C(=N)N3N=C(N4CCOCC4)SC3=NC2=O)ccc1OCc1ccccc1. The van der Waals surface area contributed by atoms with Crippen molar-refractivity contribution in [2.24, 2.45) is 10.1 Å². The molecule has 0 aromatic heterocycles. The quantitative estimate of drug-likeness (QED) is 0.660. The summed E-state index contributed by atoms with van der Waals surface area (Å²) in [4.78, 5) is 19.0. The Morgan fingerprint density at radius 2 is 1.91 bits per heavy atom. The fourth-order valence-corrected chi connectivity index (χ4v) is 4.60. The van der Waals surface area contributed by atoms with Gasteiger partial charge in [0, 0.05) is 13.1 Å². The Labute approximate surface area is 201 Å². The maximum Gasteiger partial charge on any atom is 0.283 e. The molecule has 1 N–H and O–H groups in total. The summed E-state index contributed by atoms with van der Waals surface area (Å²) in [6, 6.07) is 15.2. The highest BCUT2D eigenvalue weighted by Crippen LogP contribution is 2.32. The number of rotatable bonds is 5. The number of hydrazone groups is 1. The molecule has 0 bridgehead atoms. The van der Waals surface area contributed by atoms with Crippen molar-refractivity contribution >= 4 is 39.9 Å². The molecule has 10 heteroatoms. The first-order chi connectivity index (χ1) is 16.6. The lowest BCUT2D eigenvalue weighted by atomic mass is 10.1. The minimum atomic E-state index is -0.467. The highest BCUT2D eigenvalue weighted by Gasteiger charge is 2.37. The number of aliphatic imine (C=N–C) groups is 1. The Balaban J connectivity index is 1.35. The summed E-state index contributed by atoms with van der Waals surface area (Å²) in [7, 11) is 1.56. The number of hydrogen-bond donors (Lipinski definition) is 1. The van der Waals surface area contributed by atoms with Gasteiger partial charge >= 0.3 is 0 Å². The van der Waals surface area contributed by atoms with E-state index in [9.17, 15) is 4.79 Å². The van der Waals surface area contributed by atoms with Crippen LogP contribution in [0.4, 0.5) is 0 Å². The van der Waals surface area contributed by atoms with Crippen molar-refractivity contribution in [3.8, 4) is 11.5 Å². The van der Waals surface area contributed by atoms with Crippen LogP contribution in [0.2, 0.25) is 0 Å². The topological polar surface area (TPSA) is 99.8 Å². The highest BCUT2D eigenvalue weighted by atomic mass is 32.2. The van der Waals surface area contributed by atoms with E-state index in [0.717, 1.165) is 23.8 Å². The average molecular weight is 478 g/mol. The fraction of sp³-hybridized carbons (Fsp3) is 0.250. The van der Waals surface area contributed by atoms with E-state index in [4.69, 9.17) is 19.6 Å². The molecule has 0 aliphatic carbocycles. The van der Waals surface area contributed by atoms with Crippen LogP contribution in [0.1, 0.15) is 11.1 Å². The molecule has 9 nitrogen and oxygen atoms in total. The van der Waals surface area contributed by atoms with Crippen LogP contribution in [0, 0.1) is 5.41 Å². The lowest BCUT2D eigenvalue weighted by molar-refractivity contribution is -0.114. The van der Waals surface area contributed by atoms with Gasteiger partial charge in [-0.25, -0.2) is 0 Å². The van der Waals surface area contributed by atoms with Crippen molar-refractivity contribution in [2.45, 2.75) is 6.61 Å². The van der Waals surface area contributed by atoms with Crippen molar-refractivity contribution in [2.75, 3.05) is 33.4 Å². The minimum Gasteiger partial charge on any atom is -0.493 e. The Morgan fingerprint density at radius 3 is 2.68 bits per heavy atom. The standard InChI is InChI=1S/C24H23N5O4S/c1-31-20-14-17(7-8-19(20)33-15-16-5-3-2-4-6-16)13-18-21(25)29-23(26-22(18)30)34-24(27-29)28-9-11-32-12-10-28/h2-8,13-14,25H,9-12,15H2,1H3/b18-13+,25-21?. The zero-order valence-corrected chi connectivity index (χ0v) is 19.4. The third-order valence-electron chi connectivity index (χ3n) is 5.46. The molecule has 0 unspecified atom stereocenters. The third kappa shape index (κ3) is 4.55. The molecule has 34 heavy (non-hydrogen) atoms. The molecule has 0 radical (unpaired) electrons. The number of fused-ring (bicyclic) bond motifs is 1. The molecule has 2 aromatic carbocycles. The predicted molar refractivity (Wildman–Crippen MR) is 131 cm³/mol. The van der Waals surface area contributed by atoms with E-state index in [1.807, 2.05) is 36.4 Å². The number of ether oxygens (including phenoxy) is 3. The Morgan fingerprint density at radius 1 is 1.12 bits per heavy atom. The summed E-state index contributed by atoms with van der Waals surface area (Å²) >= 11 is 1.30. The van der Waals surface area contributed by atoms with E-state index in [0.29, 0.717) is 42.1 Å². The number of morpholine rings is 1. The second-order valence-electron chi connectivity index (χ2n) is 7.69. The molecular weight excluding hydrogens is 454 g/mol. The molecule has 0 saturated carbocycles. The maximum atomic E-state index is 12.7. The molecule has 3 aliphatic rings. The third-order valence-corrected chi connectivity index (χ3v) is 6.43. The minimum absolute atomic E-state index is 0.00543. The molecule has 3 heterocycles. The molecule has 5 rings (SSSR count). The number of nitrogens with zero attached hydrogens (tertiary/aromatic N) is 4. The lowest BCUT2D eigenvalue weighted by Crippen LogP contribution is -2.39. The molecule has 1 fully saturated rings. The van der Waals surface area contributed by atoms with E-state index in [1.165, 1.54) is 16.8 Å². The molecule has 174 valence electrons. The maximum absolute atomic E-state index is 12.7. The van der Waals surface area contributed by atoms with E-state index < -0.39 is 5.91 Å². The van der Waals surface area contributed by atoms with Crippen molar-refractivity contribution in [3.63, 3.8) is 0 Å². The second kappa shape index (κ2) is 9.70. The number of amides is 1. The number of amidine groups is 3. The lowest BCUT2D eigenvalue weighted by Gasteiger charge is -2.26. The van der Waals surface area contributed by atoms with Gasteiger partial charge in [0.05, 0.1) is 25.9 Å². The normalized spacial score (nSPS) is 19.1. The Bertz CT molecular complexity index is 1210. The number of nitrogens with one attached hydrogen (secondary N) is 1. The van der Waals surface area contributed by atoms with Gasteiger partial charge in [-0.1, -0.05) is 36.4 Å². The van der Waals surface area contributed by atoms with Gasteiger partial charge in [-0.15, -0.1) is 5.10 Å². The zero-order chi connectivity index (χ0) is 23.5. The second-order valence-corrected chi connectivity index (χ2v) is 8.62. The van der Waals surface area contributed by atoms with Crippen LogP contribution in [0.5, 0.6) is 11.5 Å².